The summed E-state index contributed by atoms with van der Waals surface area (Å²) in [5.41, 5.74) is 2.46. The largest absolute Gasteiger partial charge is 0.484 e. The maximum absolute atomic E-state index is 13.6. The molecular formula is C31H31N3O3S. The van der Waals surface area contributed by atoms with E-state index in [1.807, 2.05) is 95.9 Å². The lowest BCUT2D eigenvalue weighted by Crippen LogP contribution is -2.44. The summed E-state index contributed by atoms with van der Waals surface area (Å²) < 4.78 is 5.65. The number of hydrogen-bond donors (Lipinski definition) is 1. The highest BCUT2D eigenvalue weighted by atomic mass is 32.2. The van der Waals surface area contributed by atoms with Crippen LogP contribution >= 0.6 is 11.8 Å². The number of amidine groups is 1. The monoisotopic (exact) mass is 525 g/mol. The molecule has 2 atom stereocenters. The third kappa shape index (κ3) is 6.34. The predicted molar refractivity (Wildman–Crippen MR) is 154 cm³/mol. The van der Waals surface area contributed by atoms with Crippen LogP contribution in [-0.4, -0.2) is 34.5 Å². The van der Waals surface area contributed by atoms with E-state index in [1.54, 1.807) is 0 Å². The maximum Gasteiger partial charge on any atom is 0.267 e. The van der Waals surface area contributed by atoms with Crippen molar-refractivity contribution in [1.82, 2.24) is 4.90 Å². The Kier molecular flexibility index (Phi) is 8.24. The van der Waals surface area contributed by atoms with Crippen molar-refractivity contribution in [2.24, 2.45) is 10.9 Å². The second-order valence-electron chi connectivity index (χ2n) is 9.62. The average molecular weight is 526 g/mol. The zero-order valence-electron chi connectivity index (χ0n) is 21.4. The minimum atomic E-state index is -0.224. The Labute approximate surface area is 227 Å². The molecule has 5 rings (SSSR count). The van der Waals surface area contributed by atoms with Gasteiger partial charge in [0.2, 0.25) is 0 Å². The molecule has 1 saturated heterocycles. The van der Waals surface area contributed by atoms with Crippen LogP contribution in [0.5, 0.6) is 5.75 Å². The van der Waals surface area contributed by atoms with E-state index in [-0.39, 0.29) is 24.5 Å². The van der Waals surface area contributed by atoms with E-state index < -0.39 is 0 Å². The highest BCUT2D eigenvalue weighted by molar-refractivity contribution is 8.18. The molecule has 7 heteroatoms. The van der Waals surface area contributed by atoms with Crippen molar-refractivity contribution in [2.45, 2.75) is 38.6 Å². The standard InChI is InChI=1S/C31H31N3O3S/c1-22-10-8-9-15-27(22)34-30(36)28(38-31(34)33-25-13-6-3-7-14-25)20-23-16-18-26(19-17-23)37-21-29(35)32-24-11-4-2-5-12-24/h2-7,11-14,16-20,22,27H,8-10,15,21H2,1H3,(H,32,35)/b28-20-,33-31?/t22-,27+/m0/s1. The number of benzene rings is 3. The third-order valence-electron chi connectivity index (χ3n) is 6.82. The van der Waals surface area contributed by atoms with Gasteiger partial charge < -0.3 is 10.1 Å². The van der Waals surface area contributed by atoms with Crippen molar-refractivity contribution in [1.29, 1.82) is 0 Å². The second kappa shape index (κ2) is 12.1. The van der Waals surface area contributed by atoms with Gasteiger partial charge >= 0.3 is 0 Å². The van der Waals surface area contributed by atoms with Gasteiger partial charge in [-0.1, -0.05) is 68.3 Å². The van der Waals surface area contributed by atoms with Crippen LogP contribution in [0.4, 0.5) is 11.4 Å². The van der Waals surface area contributed by atoms with Crippen molar-refractivity contribution in [3.63, 3.8) is 0 Å². The summed E-state index contributed by atoms with van der Waals surface area (Å²) in [5.74, 6) is 0.813. The summed E-state index contributed by atoms with van der Waals surface area (Å²) in [6.45, 7) is 2.15. The summed E-state index contributed by atoms with van der Waals surface area (Å²) in [6.07, 6.45) is 6.38. The van der Waals surface area contributed by atoms with Gasteiger partial charge in [-0.2, -0.15) is 0 Å². The molecule has 1 N–H and O–H groups in total. The topological polar surface area (TPSA) is 71.0 Å². The molecule has 194 valence electrons. The van der Waals surface area contributed by atoms with Gasteiger partial charge in [-0.25, -0.2) is 4.99 Å². The van der Waals surface area contributed by atoms with E-state index in [0.29, 0.717) is 16.6 Å². The van der Waals surface area contributed by atoms with Crippen molar-refractivity contribution in [3.05, 3.63) is 95.4 Å². The van der Waals surface area contributed by atoms with Crippen LogP contribution < -0.4 is 10.1 Å². The van der Waals surface area contributed by atoms with Crippen LogP contribution in [-0.2, 0) is 9.59 Å². The van der Waals surface area contributed by atoms with Gasteiger partial charge in [-0.05, 0) is 78.6 Å². The summed E-state index contributed by atoms with van der Waals surface area (Å²) in [6, 6.07) is 26.7. The van der Waals surface area contributed by atoms with Crippen molar-refractivity contribution < 1.29 is 14.3 Å². The lowest BCUT2D eigenvalue weighted by atomic mass is 9.85. The van der Waals surface area contributed by atoms with Gasteiger partial charge in [0.1, 0.15) is 5.75 Å². The Morgan fingerprint density at radius 2 is 1.68 bits per heavy atom. The van der Waals surface area contributed by atoms with E-state index in [2.05, 4.69) is 12.2 Å². The number of anilines is 1. The van der Waals surface area contributed by atoms with Gasteiger partial charge in [0.05, 0.1) is 10.6 Å². The Bertz CT molecular complexity index is 1320. The van der Waals surface area contributed by atoms with E-state index in [9.17, 15) is 9.59 Å². The first-order valence-corrected chi connectivity index (χ1v) is 13.8. The molecule has 2 amide bonds. The Morgan fingerprint density at radius 3 is 2.39 bits per heavy atom. The van der Waals surface area contributed by atoms with Crippen LogP contribution in [0.3, 0.4) is 0 Å². The molecule has 0 unspecified atom stereocenters. The summed E-state index contributed by atoms with van der Waals surface area (Å²) >= 11 is 1.43. The predicted octanol–water partition coefficient (Wildman–Crippen LogP) is 6.89. The molecule has 1 saturated carbocycles. The second-order valence-corrected chi connectivity index (χ2v) is 10.6. The number of nitrogens with one attached hydrogen (secondary N) is 1. The number of ether oxygens (including phenoxy) is 1. The van der Waals surface area contributed by atoms with E-state index >= 15 is 0 Å². The first-order chi connectivity index (χ1) is 18.6. The van der Waals surface area contributed by atoms with Crippen LogP contribution in [0.1, 0.15) is 38.2 Å². The average Bonchev–Trinajstić information content (AvgIpc) is 3.23. The lowest BCUT2D eigenvalue weighted by Gasteiger charge is -2.35. The van der Waals surface area contributed by atoms with Gasteiger partial charge in [0, 0.05) is 11.7 Å². The van der Waals surface area contributed by atoms with E-state index in [0.717, 1.165) is 41.4 Å². The molecule has 1 aliphatic carbocycles. The van der Waals surface area contributed by atoms with Crippen LogP contribution in [0.15, 0.2) is 94.8 Å². The number of rotatable bonds is 7. The SMILES string of the molecule is C[C@H]1CCCC[C@H]1N1C(=O)/C(=C/c2ccc(OCC(=O)Nc3ccccc3)cc2)SC1=Nc1ccccc1. The molecule has 1 aliphatic heterocycles. The Balaban J connectivity index is 1.29. The van der Waals surface area contributed by atoms with Crippen LogP contribution in [0.2, 0.25) is 0 Å². The molecule has 0 spiro atoms. The first kappa shape index (κ1) is 25.8. The molecule has 1 heterocycles. The van der Waals surface area contributed by atoms with Crippen molar-refractivity contribution in [2.75, 3.05) is 11.9 Å². The van der Waals surface area contributed by atoms with Crippen molar-refractivity contribution in [3.8, 4) is 5.75 Å². The first-order valence-electron chi connectivity index (χ1n) is 13.0. The lowest BCUT2D eigenvalue weighted by molar-refractivity contribution is -0.125. The fourth-order valence-electron chi connectivity index (χ4n) is 4.83. The normalized spacial score (nSPS) is 21.6. The molecule has 3 aromatic carbocycles. The number of amides is 2. The number of carbonyl (C=O) groups excluding carboxylic acids is 2. The molecule has 6 nitrogen and oxygen atoms in total. The molecule has 0 bridgehead atoms. The minimum absolute atomic E-state index is 0.0151. The maximum atomic E-state index is 13.6. The van der Waals surface area contributed by atoms with Gasteiger partial charge in [-0.3, -0.25) is 14.5 Å². The summed E-state index contributed by atoms with van der Waals surface area (Å²) in [5, 5.41) is 3.55. The zero-order valence-corrected chi connectivity index (χ0v) is 22.2. The Hall–Kier alpha value is -3.84. The van der Waals surface area contributed by atoms with Gasteiger partial charge in [0.25, 0.3) is 11.8 Å². The highest BCUT2D eigenvalue weighted by Gasteiger charge is 2.41. The van der Waals surface area contributed by atoms with Crippen LogP contribution in [0.25, 0.3) is 6.08 Å². The number of aliphatic imine (C=N–C) groups is 1. The number of para-hydroxylation sites is 2. The zero-order chi connectivity index (χ0) is 26.3. The molecule has 3 aromatic rings. The number of hydrogen-bond acceptors (Lipinski definition) is 5. The minimum Gasteiger partial charge on any atom is -0.484 e. The quantitative estimate of drug-likeness (QED) is 0.341. The fraction of sp³-hybridized carbons (Fsp3) is 0.258. The molecule has 2 aliphatic rings. The number of nitrogens with zero attached hydrogens (tertiary/aromatic N) is 2. The molecule has 2 fully saturated rings. The Morgan fingerprint density at radius 1 is 1.00 bits per heavy atom. The van der Waals surface area contributed by atoms with E-state index in [4.69, 9.17) is 9.73 Å². The molecule has 38 heavy (non-hydrogen) atoms. The summed E-state index contributed by atoms with van der Waals surface area (Å²) in [7, 11) is 0. The number of carbonyl (C=O) groups is 2. The smallest absolute Gasteiger partial charge is 0.267 e. The molecular weight excluding hydrogens is 494 g/mol. The molecule has 0 aromatic heterocycles. The van der Waals surface area contributed by atoms with E-state index in [1.165, 1.54) is 18.2 Å². The van der Waals surface area contributed by atoms with Crippen molar-refractivity contribution >= 4 is 46.2 Å². The number of thioether (sulfide) groups is 1. The summed E-state index contributed by atoms with van der Waals surface area (Å²) in [4.78, 5) is 33.2. The highest BCUT2D eigenvalue weighted by Crippen LogP contribution is 2.40. The van der Waals surface area contributed by atoms with Gasteiger partial charge in [0.15, 0.2) is 11.8 Å². The van der Waals surface area contributed by atoms with Crippen LogP contribution in [0, 0.1) is 5.92 Å². The fourth-order valence-corrected chi connectivity index (χ4v) is 5.87. The van der Waals surface area contributed by atoms with Gasteiger partial charge in [-0.15, -0.1) is 0 Å². The third-order valence-corrected chi connectivity index (χ3v) is 7.80. The molecule has 0 radical (unpaired) electrons.